The minimum atomic E-state index is -0.642. The van der Waals surface area contributed by atoms with E-state index in [2.05, 4.69) is 20.8 Å². The minimum absolute atomic E-state index is 0.212. The summed E-state index contributed by atoms with van der Waals surface area (Å²) >= 11 is 0. The van der Waals surface area contributed by atoms with Crippen LogP contribution in [0, 0.1) is 0 Å². The highest BCUT2D eigenvalue weighted by atomic mass is 16.6. The van der Waals surface area contributed by atoms with Crippen LogP contribution in [0.15, 0.2) is 84.3 Å². The van der Waals surface area contributed by atoms with Gasteiger partial charge in [0.1, 0.15) is 13.2 Å². The second-order valence-electron chi connectivity index (χ2n) is 7.90. The molecule has 4 rings (SSSR count). The number of carbonyl (C=O) groups is 2. The molecule has 0 unspecified atom stereocenters. The zero-order valence-electron chi connectivity index (χ0n) is 19.0. The predicted octanol–water partition coefficient (Wildman–Crippen LogP) is 3.19. The summed E-state index contributed by atoms with van der Waals surface area (Å²) in [6.07, 6.45) is 3.83. The van der Waals surface area contributed by atoms with Gasteiger partial charge in [0.2, 0.25) is 5.91 Å². The average Bonchev–Trinajstić information content (AvgIpc) is 3.31. The summed E-state index contributed by atoms with van der Waals surface area (Å²) in [4.78, 5) is 36.8. The Kier molecular flexibility index (Phi) is 7.49. The molecule has 2 heterocycles. The lowest BCUT2D eigenvalue weighted by Crippen LogP contribution is -2.46. The molecule has 1 aromatic heterocycles. The normalized spacial score (nSPS) is 16.3. The molecule has 1 aliphatic heterocycles. The van der Waals surface area contributed by atoms with E-state index in [9.17, 15) is 9.59 Å². The number of nitrogens with one attached hydrogen (secondary N) is 2. The number of carbonyl (C=O) groups excluding carboxylic acids is 2. The van der Waals surface area contributed by atoms with E-state index in [-0.39, 0.29) is 18.4 Å². The van der Waals surface area contributed by atoms with E-state index in [1.54, 1.807) is 29.4 Å². The summed E-state index contributed by atoms with van der Waals surface area (Å²) in [6, 6.07) is 20.3. The zero-order valence-corrected chi connectivity index (χ0v) is 19.0. The standard InChI is InChI=1S/C26H27N5O3/c1-34-30-23-16-24(25(32)29-15-14-28-22-7-3-2-4-8-22)31(18-23)26(33)20-11-9-19(10-12-20)21-6-5-13-27-17-21/h2-13,17,24,28H,14-16,18H2,1H3,(H,29,32)/t24-/m0/s1. The molecule has 2 amide bonds. The second kappa shape index (κ2) is 11.1. The lowest BCUT2D eigenvalue weighted by Gasteiger charge is -2.23. The lowest BCUT2D eigenvalue weighted by atomic mass is 10.0. The third-order valence-electron chi connectivity index (χ3n) is 5.60. The number of amides is 2. The van der Waals surface area contributed by atoms with E-state index >= 15 is 0 Å². The molecule has 0 bridgehead atoms. The van der Waals surface area contributed by atoms with Gasteiger partial charge in [-0.05, 0) is 41.5 Å². The van der Waals surface area contributed by atoms with Crippen molar-refractivity contribution in [3.8, 4) is 11.1 Å². The fourth-order valence-electron chi connectivity index (χ4n) is 3.92. The highest BCUT2D eigenvalue weighted by Crippen LogP contribution is 2.22. The van der Waals surface area contributed by atoms with Crippen LogP contribution in [0.25, 0.3) is 11.1 Å². The van der Waals surface area contributed by atoms with Crippen LogP contribution in [-0.2, 0) is 9.63 Å². The molecule has 0 saturated carbocycles. The molecule has 1 fully saturated rings. The van der Waals surface area contributed by atoms with Crippen molar-refractivity contribution in [2.45, 2.75) is 12.5 Å². The van der Waals surface area contributed by atoms with E-state index < -0.39 is 6.04 Å². The minimum Gasteiger partial charge on any atom is -0.399 e. The van der Waals surface area contributed by atoms with Gasteiger partial charge in [0.05, 0.1) is 12.3 Å². The van der Waals surface area contributed by atoms with E-state index in [1.165, 1.54) is 7.11 Å². The Morgan fingerprint density at radius 2 is 1.82 bits per heavy atom. The lowest BCUT2D eigenvalue weighted by molar-refractivity contribution is -0.124. The third-order valence-corrected chi connectivity index (χ3v) is 5.60. The molecule has 174 valence electrons. The molecule has 2 N–H and O–H groups in total. The van der Waals surface area contributed by atoms with Gasteiger partial charge in [-0.3, -0.25) is 14.6 Å². The Morgan fingerprint density at radius 1 is 1.03 bits per heavy atom. The first-order valence-corrected chi connectivity index (χ1v) is 11.1. The average molecular weight is 458 g/mol. The first kappa shape index (κ1) is 23.0. The molecule has 1 aliphatic rings. The number of hydrogen-bond donors (Lipinski definition) is 2. The van der Waals surface area contributed by atoms with Gasteiger partial charge in [-0.2, -0.15) is 0 Å². The van der Waals surface area contributed by atoms with Crippen molar-refractivity contribution in [3.05, 3.63) is 84.7 Å². The quantitative estimate of drug-likeness (QED) is 0.400. The van der Waals surface area contributed by atoms with Crippen molar-refractivity contribution in [2.24, 2.45) is 5.16 Å². The monoisotopic (exact) mass is 457 g/mol. The Hall–Kier alpha value is -4.20. The molecule has 3 aromatic rings. The Morgan fingerprint density at radius 3 is 2.53 bits per heavy atom. The molecule has 34 heavy (non-hydrogen) atoms. The Bertz CT molecular complexity index is 1130. The molecular formula is C26H27N5O3. The number of benzene rings is 2. The summed E-state index contributed by atoms with van der Waals surface area (Å²) in [6.45, 7) is 1.26. The van der Waals surface area contributed by atoms with Gasteiger partial charge in [-0.15, -0.1) is 0 Å². The van der Waals surface area contributed by atoms with E-state index in [0.717, 1.165) is 16.8 Å². The number of oxime groups is 1. The van der Waals surface area contributed by atoms with Gasteiger partial charge >= 0.3 is 0 Å². The van der Waals surface area contributed by atoms with Crippen molar-refractivity contribution in [3.63, 3.8) is 0 Å². The van der Waals surface area contributed by atoms with Crippen LogP contribution in [0.5, 0.6) is 0 Å². The van der Waals surface area contributed by atoms with E-state index in [0.29, 0.717) is 30.8 Å². The molecular weight excluding hydrogens is 430 g/mol. The van der Waals surface area contributed by atoms with Gasteiger partial charge in [0.15, 0.2) is 0 Å². The SMILES string of the molecule is CON=C1C[C@@H](C(=O)NCCNc2ccccc2)N(C(=O)c2ccc(-c3cccnc3)cc2)C1. The summed E-state index contributed by atoms with van der Waals surface area (Å²) in [7, 11) is 1.46. The van der Waals surface area contributed by atoms with Crippen molar-refractivity contribution >= 4 is 23.2 Å². The van der Waals surface area contributed by atoms with Crippen LogP contribution >= 0.6 is 0 Å². The third kappa shape index (κ3) is 5.58. The van der Waals surface area contributed by atoms with Crippen LogP contribution in [0.3, 0.4) is 0 Å². The molecule has 1 atom stereocenters. The van der Waals surface area contributed by atoms with Crippen molar-refractivity contribution in [2.75, 3.05) is 32.1 Å². The number of likely N-dealkylation sites (tertiary alicyclic amines) is 1. The van der Waals surface area contributed by atoms with Crippen LogP contribution in [-0.4, -0.2) is 60.2 Å². The highest BCUT2D eigenvalue weighted by molar-refractivity contribution is 6.05. The molecule has 1 saturated heterocycles. The zero-order chi connectivity index (χ0) is 23.8. The van der Waals surface area contributed by atoms with Crippen molar-refractivity contribution in [1.82, 2.24) is 15.2 Å². The van der Waals surface area contributed by atoms with Crippen molar-refractivity contribution < 1.29 is 14.4 Å². The molecule has 8 nitrogen and oxygen atoms in total. The number of aromatic nitrogens is 1. The maximum absolute atomic E-state index is 13.3. The van der Waals surface area contributed by atoms with Gasteiger partial charge in [0, 0.05) is 43.2 Å². The van der Waals surface area contributed by atoms with E-state index in [1.807, 2.05) is 54.6 Å². The first-order valence-electron chi connectivity index (χ1n) is 11.1. The number of para-hydroxylation sites is 1. The summed E-state index contributed by atoms with van der Waals surface area (Å²) < 4.78 is 0. The van der Waals surface area contributed by atoms with Crippen LogP contribution in [0.1, 0.15) is 16.8 Å². The van der Waals surface area contributed by atoms with Crippen LogP contribution < -0.4 is 10.6 Å². The van der Waals surface area contributed by atoms with Crippen molar-refractivity contribution in [1.29, 1.82) is 0 Å². The first-order chi connectivity index (χ1) is 16.7. The molecule has 0 radical (unpaired) electrons. The van der Waals surface area contributed by atoms with Gasteiger partial charge in [-0.1, -0.05) is 41.6 Å². The summed E-state index contributed by atoms with van der Waals surface area (Å²) in [5, 5.41) is 10.2. The predicted molar refractivity (Wildman–Crippen MR) is 131 cm³/mol. The molecule has 0 aliphatic carbocycles. The fraction of sp³-hybridized carbons (Fsp3) is 0.231. The smallest absolute Gasteiger partial charge is 0.254 e. The van der Waals surface area contributed by atoms with Crippen LogP contribution in [0.2, 0.25) is 0 Å². The van der Waals surface area contributed by atoms with Gasteiger partial charge in [0.25, 0.3) is 5.91 Å². The number of nitrogens with zero attached hydrogens (tertiary/aromatic N) is 3. The van der Waals surface area contributed by atoms with Gasteiger partial charge in [-0.25, -0.2) is 0 Å². The maximum Gasteiger partial charge on any atom is 0.254 e. The number of hydrogen-bond acceptors (Lipinski definition) is 6. The number of rotatable bonds is 8. The topological polar surface area (TPSA) is 95.9 Å². The second-order valence-corrected chi connectivity index (χ2v) is 7.90. The Balaban J connectivity index is 1.41. The number of pyridine rings is 1. The fourth-order valence-corrected chi connectivity index (χ4v) is 3.92. The molecule has 8 heteroatoms. The Labute approximate surface area is 198 Å². The highest BCUT2D eigenvalue weighted by Gasteiger charge is 2.38. The molecule has 2 aromatic carbocycles. The maximum atomic E-state index is 13.3. The van der Waals surface area contributed by atoms with Crippen LogP contribution in [0.4, 0.5) is 5.69 Å². The van der Waals surface area contributed by atoms with Gasteiger partial charge < -0.3 is 20.4 Å². The largest absolute Gasteiger partial charge is 0.399 e. The summed E-state index contributed by atoms with van der Waals surface area (Å²) in [5.74, 6) is -0.432. The van der Waals surface area contributed by atoms with E-state index in [4.69, 9.17) is 4.84 Å². The molecule has 0 spiro atoms. The number of anilines is 1. The summed E-state index contributed by atoms with van der Waals surface area (Å²) in [5.41, 5.74) is 4.09.